The van der Waals surface area contributed by atoms with Gasteiger partial charge in [0, 0.05) is 37.3 Å². The Morgan fingerprint density at radius 1 is 1.48 bits per heavy atom. The van der Waals surface area contributed by atoms with Crippen LogP contribution in [0.15, 0.2) is 30.3 Å². The molecule has 1 fully saturated rings. The Kier molecular flexibility index (Phi) is 4.47. The van der Waals surface area contributed by atoms with Crippen LogP contribution in [0.5, 0.6) is 0 Å². The molecule has 0 bridgehead atoms. The minimum atomic E-state index is -0.322. The van der Waals surface area contributed by atoms with Crippen LogP contribution in [0.3, 0.4) is 0 Å². The van der Waals surface area contributed by atoms with Crippen LogP contribution in [0, 0.1) is 11.7 Å². The van der Waals surface area contributed by atoms with E-state index in [0.29, 0.717) is 35.8 Å². The van der Waals surface area contributed by atoms with Crippen LogP contribution < -0.4 is 4.90 Å². The maximum atomic E-state index is 13.3. The predicted molar refractivity (Wildman–Crippen MR) is 87.6 cm³/mol. The van der Waals surface area contributed by atoms with Crippen molar-refractivity contribution < 1.29 is 14.0 Å². The number of H-pyrrole nitrogens is 1. The smallest absolute Gasteiger partial charge is 0.228 e. The topological polar surface area (TPSA) is 66.1 Å². The van der Waals surface area contributed by atoms with E-state index >= 15 is 0 Å². The molecule has 0 radical (unpaired) electrons. The van der Waals surface area contributed by atoms with Gasteiger partial charge in [0.05, 0.1) is 5.69 Å². The van der Waals surface area contributed by atoms with Gasteiger partial charge in [-0.25, -0.2) is 4.39 Å². The number of anilines is 1. The van der Waals surface area contributed by atoms with Gasteiger partial charge >= 0.3 is 0 Å². The van der Waals surface area contributed by atoms with Crippen molar-refractivity contribution in [1.82, 2.24) is 10.2 Å². The van der Waals surface area contributed by atoms with E-state index in [1.54, 1.807) is 23.1 Å². The van der Waals surface area contributed by atoms with Crippen molar-refractivity contribution in [2.75, 3.05) is 17.2 Å². The van der Waals surface area contributed by atoms with Gasteiger partial charge in [0.15, 0.2) is 10.9 Å². The molecule has 7 heteroatoms. The number of aromatic nitrogens is 2. The Morgan fingerprint density at radius 3 is 3.04 bits per heavy atom. The van der Waals surface area contributed by atoms with Crippen molar-refractivity contribution in [1.29, 1.82) is 0 Å². The van der Waals surface area contributed by atoms with Gasteiger partial charge in [-0.2, -0.15) is 5.10 Å². The largest absolute Gasteiger partial charge is 0.295 e. The quantitative estimate of drug-likeness (QED) is 0.934. The van der Waals surface area contributed by atoms with E-state index < -0.39 is 0 Å². The number of thioether (sulfide) groups is 1. The van der Waals surface area contributed by atoms with Crippen LogP contribution in [-0.2, 0) is 9.59 Å². The zero-order valence-corrected chi connectivity index (χ0v) is 13.4. The summed E-state index contributed by atoms with van der Waals surface area (Å²) in [5.41, 5.74) is 1.34. The number of carbonyl (C=O) groups excluding carboxylic acids is 2. The number of halogens is 1. The third-order valence-electron chi connectivity index (χ3n) is 3.70. The molecule has 2 heterocycles. The summed E-state index contributed by atoms with van der Waals surface area (Å²) in [5.74, 6) is 0.989. The summed E-state index contributed by atoms with van der Waals surface area (Å²) in [6, 6.07) is 7.93. The minimum absolute atomic E-state index is 0.00329. The Balaban J connectivity index is 1.73. The summed E-state index contributed by atoms with van der Waals surface area (Å²) in [4.78, 5) is 24.8. The second kappa shape index (κ2) is 6.54. The first-order valence-electron chi connectivity index (χ1n) is 7.28. The first-order chi connectivity index (χ1) is 11.0. The van der Waals surface area contributed by atoms with Crippen LogP contribution in [0.2, 0.25) is 0 Å². The molecule has 2 aromatic rings. The number of aromatic amines is 1. The fraction of sp³-hybridized carbons (Fsp3) is 0.312. The standard InChI is InChI=1S/C16H16FN3O2S/c1-10(21)23-9-11-5-16(22)20(8-11)15-7-14(18-19-15)12-3-2-4-13(17)6-12/h2-4,6-7,11H,5,8-9H2,1H3,(H,18,19). The third kappa shape index (κ3) is 3.61. The highest BCUT2D eigenvalue weighted by molar-refractivity contribution is 8.13. The third-order valence-corrected chi connectivity index (χ3v) is 4.75. The lowest BCUT2D eigenvalue weighted by atomic mass is 10.1. The van der Waals surface area contributed by atoms with Gasteiger partial charge in [-0.15, -0.1) is 0 Å². The summed E-state index contributed by atoms with van der Waals surface area (Å²) in [5, 5.41) is 7.07. The second-order valence-electron chi connectivity index (χ2n) is 5.53. The highest BCUT2D eigenvalue weighted by atomic mass is 32.2. The van der Waals surface area contributed by atoms with Crippen molar-refractivity contribution in [2.24, 2.45) is 5.92 Å². The van der Waals surface area contributed by atoms with E-state index in [9.17, 15) is 14.0 Å². The average molecular weight is 333 g/mol. The molecule has 1 aliphatic rings. The molecule has 1 atom stereocenters. The SMILES string of the molecule is CC(=O)SCC1CC(=O)N(c2cc(-c3cccc(F)c3)[nH]n2)C1. The van der Waals surface area contributed by atoms with Gasteiger partial charge in [0.1, 0.15) is 5.82 Å². The molecule has 23 heavy (non-hydrogen) atoms. The van der Waals surface area contributed by atoms with Gasteiger partial charge in [-0.05, 0) is 18.1 Å². The molecule has 5 nitrogen and oxygen atoms in total. The molecule has 0 saturated carbocycles. The normalized spacial score (nSPS) is 17.7. The summed E-state index contributed by atoms with van der Waals surface area (Å²) in [7, 11) is 0. The molecule has 1 aliphatic heterocycles. The highest BCUT2D eigenvalue weighted by Gasteiger charge is 2.32. The summed E-state index contributed by atoms with van der Waals surface area (Å²) < 4.78 is 13.3. The van der Waals surface area contributed by atoms with E-state index in [1.165, 1.54) is 30.8 Å². The van der Waals surface area contributed by atoms with Crippen molar-refractivity contribution in [2.45, 2.75) is 13.3 Å². The van der Waals surface area contributed by atoms with Crippen molar-refractivity contribution >= 4 is 28.6 Å². The number of amides is 1. The number of rotatable bonds is 4. The van der Waals surface area contributed by atoms with Crippen LogP contribution in [0.1, 0.15) is 13.3 Å². The lowest BCUT2D eigenvalue weighted by Crippen LogP contribution is -2.25. The number of benzene rings is 1. The van der Waals surface area contributed by atoms with Gasteiger partial charge in [-0.3, -0.25) is 19.6 Å². The molecule has 120 valence electrons. The fourth-order valence-corrected chi connectivity index (χ4v) is 3.30. The Bertz CT molecular complexity index is 746. The van der Waals surface area contributed by atoms with Crippen LogP contribution in [0.25, 0.3) is 11.3 Å². The minimum Gasteiger partial charge on any atom is -0.295 e. The monoisotopic (exact) mass is 333 g/mol. The number of carbonyl (C=O) groups is 2. The summed E-state index contributed by atoms with van der Waals surface area (Å²) in [6.45, 7) is 2.07. The van der Waals surface area contributed by atoms with Gasteiger partial charge in [0.2, 0.25) is 5.91 Å². The summed E-state index contributed by atoms with van der Waals surface area (Å²) in [6.07, 6.45) is 0.419. The zero-order chi connectivity index (χ0) is 16.4. The van der Waals surface area contributed by atoms with Gasteiger partial charge in [0.25, 0.3) is 0 Å². The lowest BCUT2D eigenvalue weighted by Gasteiger charge is -2.12. The zero-order valence-electron chi connectivity index (χ0n) is 12.6. The molecule has 3 rings (SSSR count). The molecule has 1 N–H and O–H groups in total. The van der Waals surface area contributed by atoms with E-state index in [-0.39, 0.29) is 22.8 Å². The number of nitrogens with one attached hydrogen (secondary N) is 1. The fourth-order valence-electron chi connectivity index (χ4n) is 2.60. The molecule has 1 aromatic carbocycles. The van der Waals surface area contributed by atoms with Crippen LogP contribution in [-0.4, -0.2) is 33.5 Å². The molecule has 0 aliphatic carbocycles. The molecular formula is C16H16FN3O2S. The van der Waals surface area contributed by atoms with Crippen molar-refractivity contribution in [3.8, 4) is 11.3 Å². The van der Waals surface area contributed by atoms with Crippen molar-refractivity contribution in [3.63, 3.8) is 0 Å². The number of hydrogen-bond donors (Lipinski definition) is 1. The first kappa shape index (κ1) is 15.7. The maximum absolute atomic E-state index is 13.3. The summed E-state index contributed by atoms with van der Waals surface area (Å²) >= 11 is 1.24. The van der Waals surface area contributed by atoms with E-state index in [0.717, 1.165) is 0 Å². The Hall–Kier alpha value is -2.15. The molecule has 0 spiro atoms. The van der Waals surface area contributed by atoms with E-state index in [1.807, 2.05) is 0 Å². The van der Waals surface area contributed by atoms with E-state index in [4.69, 9.17) is 0 Å². The molecule has 1 amide bonds. The highest BCUT2D eigenvalue weighted by Crippen LogP contribution is 2.29. The van der Waals surface area contributed by atoms with Gasteiger partial charge < -0.3 is 0 Å². The number of nitrogens with zero attached hydrogens (tertiary/aromatic N) is 2. The van der Waals surface area contributed by atoms with Crippen molar-refractivity contribution in [3.05, 3.63) is 36.1 Å². The average Bonchev–Trinajstić information content (AvgIpc) is 3.11. The Morgan fingerprint density at radius 2 is 2.30 bits per heavy atom. The molecule has 1 saturated heterocycles. The van der Waals surface area contributed by atoms with Crippen LogP contribution >= 0.6 is 11.8 Å². The van der Waals surface area contributed by atoms with E-state index in [2.05, 4.69) is 10.2 Å². The maximum Gasteiger partial charge on any atom is 0.228 e. The number of hydrogen-bond acceptors (Lipinski definition) is 4. The second-order valence-corrected chi connectivity index (χ2v) is 6.72. The van der Waals surface area contributed by atoms with Crippen LogP contribution in [0.4, 0.5) is 10.2 Å². The van der Waals surface area contributed by atoms with Gasteiger partial charge in [-0.1, -0.05) is 23.9 Å². The Labute approximate surface area is 137 Å². The molecule has 1 aromatic heterocycles. The molecule has 1 unspecified atom stereocenters. The lowest BCUT2D eigenvalue weighted by molar-refractivity contribution is -0.117. The predicted octanol–water partition coefficient (Wildman–Crippen LogP) is 2.85. The molecular weight excluding hydrogens is 317 g/mol. The first-order valence-corrected chi connectivity index (χ1v) is 8.26.